The van der Waals surface area contributed by atoms with E-state index in [1.165, 1.54) is 0 Å². The Morgan fingerprint density at radius 1 is 1.03 bits per heavy atom. The molecule has 3 rings (SSSR count). The second-order valence-corrected chi connectivity index (χ2v) is 9.47. The molecule has 3 aliphatic rings. The molecule has 1 spiro atoms. The number of hydrogen-bond donors (Lipinski definition) is 0. The van der Waals surface area contributed by atoms with Gasteiger partial charge >= 0.3 is 0 Å². The van der Waals surface area contributed by atoms with Crippen LogP contribution in [0.3, 0.4) is 0 Å². The van der Waals surface area contributed by atoms with Crippen molar-refractivity contribution in [1.82, 2.24) is 9.80 Å². The number of ether oxygens (including phenoxy) is 3. The molecule has 1 unspecified atom stereocenters. The lowest BCUT2D eigenvalue weighted by Gasteiger charge is -2.46. The molecule has 3 fully saturated rings. The third-order valence-corrected chi connectivity index (χ3v) is 6.89. The number of amides is 2. The molecule has 172 valence electrons. The van der Waals surface area contributed by atoms with Crippen molar-refractivity contribution >= 4 is 11.8 Å². The lowest BCUT2D eigenvalue weighted by molar-refractivity contribution is -0.164. The monoisotopic (exact) mass is 424 g/mol. The Bertz CT molecular complexity index is 566. The van der Waals surface area contributed by atoms with Gasteiger partial charge in [-0.3, -0.25) is 9.59 Å². The summed E-state index contributed by atoms with van der Waals surface area (Å²) in [6.07, 6.45) is 6.58. The van der Waals surface area contributed by atoms with E-state index in [4.69, 9.17) is 14.2 Å². The highest BCUT2D eigenvalue weighted by atomic mass is 16.5. The van der Waals surface area contributed by atoms with Crippen molar-refractivity contribution in [2.45, 2.75) is 83.5 Å². The molecule has 0 aromatic rings. The summed E-state index contributed by atoms with van der Waals surface area (Å²) in [6, 6.07) is 0. The highest BCUT2D eigenvalue weighted by Crippen LogP contribution is 2.36. The summed E-state index contributed by atoms with van der Waals surface area (Å²) in [5.41, 5.74) is -0.134. The van der Waals surface area contributed by atoms with E-state index in [0.717, 1.165) is 71.3 Å². The number of piperidine rings is 2. The summed E-state index contributed by atoms with van der Waals surface area (Å²) in [5, 5.41) is 0. The zero-order valence-electron chi connectivity index (χ0n) is 19.1. The summed E-state index contributed by atoms with van der Waals surface area (Å²) in [6.45, 7) is 10.8. The van der Waals surface area contributed by atoms with Crippen LogP contribution >= 0.6 is 0 Å². The average Bonchev–Trinajstić information content (AvgIpc) is 2.72. The van der Waals surface area contributed by atoms with Crippen molar-refractivity contribution in [3.8, 4) is 0 Å². The van der Waals surface area contributed by atoms with Crippen LogP contribution in [0.1, 0.15) is 65.7 Å². The van der Waals surface area contributed by atoms with Crippen LogP contribution in [0, 0.1) is 5.92 Å². The first-order valence-corrected chi connectivity index (χ1v) is 11.8. The molecule has 0 aromatic heterocycles. The van der Waals surface area contributed by atoms with Crippen LogP contribution in [-0.2, 0) is 23.8 Å². The Kier molecular flexibility index (Phi) is 8.54. The lowest BCUT2D eigenvalue weighted by Crippen LogP contribution is -2.52. The standard InChI is InChI=1S/C23H40N2O5/c1-18(2)28-14-15-29-21-6-13-30-23(17-21)7-11-25(12-8-23)22(27)16-20-4-9-24(10-5-20)19(3)26/h18,20-21H,4-17H2,1-3H3. The molecule has 0 aromatic carbocycles. The Morgan fingerprint density at radius 2 is 1.73 bits per heavy atom. The minimum Gasteiger partial charge on any atom is -0.376 e. The number of rotatable bonds is 7. The minimum absolute atomic E-state index is 0.134. The van der Waals surface area contributed by atoms with E-state index in [1.807, 2.05) is 23.6 Å². The van der Waals surface area contributed by atoms with E-state index in [1.54, 1.807) is 6.92 Å². The average molecular weight is 425 g/mol. The summed E-state index contributed by atoms with van der Waals surface area (Å²) >= 11 is 0. The summed E-state index contributed by atoms with van der Waals surface area (Å²) in [4.78, 5) is 28.2. The molecule has 2 amide bonds. The van der Waals surface area contributed by atoms with Gasteiger partial charge in [0, 0.05) is 52.6 Å². The van der Waals surface area contributed by atoms with Gasteiger partial charge in [0.15, 0.2) is 0 Å². The van der Waals surface area contributed by atoms with Gasteiger partial charge in [-0.25, -0.2) is 0 Å². The van der Waals surface area contributed by atoms with E-state index in [9.17, 15) is 9.59 Å². The molecule has 0 aliphatic carbocycles. The molecule has 0 radical (unpaired) electrons. The number of hydrogen-bond acceptors (Lipinski definition) is 5. The van der Waals surface area contributed by atoms with Gasteiger partial charge in [-0.1, -0.05) is 0 Å². The quantitative estimate of drug-likeness (QED) is 0.588. The Labute approximate surface area is 181 Å². The van der Waals surface area contributed by atoms with E-state index in [2.05, 4.69) is 0 Å². The van der Waals surface area contributed by atoms with Crippen molar-refractivity contribution in [3.63, 3.8) is 0 Å². The first-order valence-electron chi connectivity index (χ1n) is 11.8. The highest BCUT2D eigenvalue weighted by Gasteiger charge is 2.41. The Balaban J connectivity index is 1.38. The van der Waals surface area contributed by atoms with Crippen LogP contribution in [0.15, 0.2) is 0 Å². The molecule has 3 heterocycles. The van der Waals surface area contributed by atoms with E-state index < -0.39 is 0 Å². The normalized spacial score (nSPS) is 25.1. The smallest absolute Gasteiger partial charge is 0.222 e. The van der Waals surface area contributed by atoms with Gasteiger partial charge in [0.1, 0.15) is 0 Å². The summed E-state index contributed by atoms with van der Waals surface area (Å²) in [5.74, 6) is 0.810. The molecule has 3 aliphatic heterocycles. The predicted octanol–water partition coefficient (Wildman–Crippen LogP) is 2.62. The maximum absolute atomic E-state index is 12.8. The van der Waals surface area contributed by atoms with Crippen LogP contribution < -0.4 is 0 Å². The van der Waals surface area contributed by atoms with Gasteiger partial charge in [0.2, 0.25) is 11.8 Å². The second kappa shape index (κ2) is 10.9. The van der Waals surface area contributed by atoms with E-state index >= 15 is 0 Å². The van der Waals surface area contributed by atoms with Crippen molar-refractivity contribution in [3.05, 3.63) is 0 Å². The SMILES string of the molecule is CC(=O)N1CCC(CC(=O)N2CCC3(CC2)CC(OCCOC(C)C)CCO3)CC1. The maximum Gasteiger partial charge on any atom is 0.222 e. The Morgan fingerprint density at radius 3 is 2.37 bits per heavy atom. The van der Waals surface area contributed by atoms with E-state index in [-0.39, 0.29) is 29.6 Å². The van der Waals surface area contributed by atoms with Crippen LogP contribution in [0.4, 0.5) is 0 Å². The third-order valence-electron chi connectivity index (χ3n) is 6.89. The number of nitrogens with zero attached hydrogens (tertiary/aromatic N) is 2. The molecule has 3 saturated heterocycles. The molecular weight excluding hydrogens is 384 g/mol. The maximum atomic E-state index is 12.8. The summed E-state index contributed by atoms with van der Waals surface area (Å²) in [7, 11) is 0. The van der Waals surface area contributed by atoms with Crippen LogP contribution in [0.25, 0.3) is 0 Å². The molecule has 30 heavy (non-hydrogen) atoms. The van der Waals surface area contributed by atoms with Gasteiger partial charge in [-0.05, 0) is 51.9 Å². The fourth-order valence-electron chi connectivity index (χ4n) is 4.96. The third kappa shape index (κ3) is 6.66. The van der Waals surface area contributed by atoms with Crippen LogP contribution in [0.5, 0.6) is 0 Å². The number of carbonyl (C=O) groups excluding carboxylic acids is 2. The molecule has 0 saturated carbocycles. The molecule has 0 N–H and O–H groups in total. The van der Waals surface area contributed by atoms with Crippen LogP contribution in [-0.4, -0.2) is 85.4 Å². The lowest BCUT2D eigenvalue weighted by atomic mass is 9.83. The van der Waals surface area contributed by atoms with E-state index in [0.29, 0.717) is 25.6 Å². The number of carbonyl (C=O) groups is 2. The molecule has 7 nitrogen and oxygen atoms in total. The van der Waals surface area contributed by atoms with Gasteiger partial charge in [0.05, 0.1) is 31.0 Å². The molecule has 0 bridgehead atoms. The van der Waals surface area contributed by atoms with Gasteiger partial charge < -0.3 is 24.0 Å². The van der Waals surface area contributed by atoms with Crippen molar-refractivity contribution in [2.75, 3.05) is 46.0 Å². The number of likely N-dealkylation sites (tertiary alicyclic amines) is 2. The fourth-order valence-corrected chi connectivity index (χ4v) is 4.96. The molecule has 7 heteroatoms. The highest BCUT2D eigenvalue weighted by molar-refractivity contribution is 5.77. The first kappa shape index (κ1) is 23.5. The topological polar surface area (TPSA) is 68.3 Å². The zero-order valence-corrected chi connectivity index (χ0v) is 19.1. The first-order chi connectivity index (χ1) is 14.4. The molecule has 1 atom stereocenters. The molecular formula is C23H40N2O5. The minimum atomic E-state index is -0.134. The second-order valence-electron chi connectivity index (χ2n) is 9.47. The predicted molar refractivity (Wildman–Crippen MR) is 114 cm³/mol. The van der Waals surface area contributed by atoms with Crippen molar-refractivity contribution in [1.29, 1.82) is 0 Å². The zero-order chi connectivity index (χ0) is 21.6. The van der Waals surface area contributed by atoms with Gasteiger partial charge in [0.25, 0.3) is 0 Å². The Hall–Kier alpha value is -1.18. The van der Waals surface area contributed by atoms with Crippen molar-refractivity contribution < 1.29 is 23.8 Å². The fraction of sp³-hybridized carbons (Fsp3) is 0.913. The van der Waals surface area contributed by atoms with Crippen molar-refractivity contribution in [2.24, 2.45) is 5.92 Å². The van der Waals surface area contributed by atoms with Gasteiger partial charge in [-0.15, -0.1) is 0 Å². The van der Waals surface area contributed by atoms with Gasteiger partial charge in [-0.2, -0.15) is 0 Å². The summed E-state index contributed by atoms with van der Waals surface area (Å²) < 4.78 is 17.8. The van der Waals surface area contributed by atoms with Crippen LogP contribution in [0.2, 0.25) is 0 Å². The largest absolute Gasteiger partial charge is 0.376 e.